The Morgan fingerprint density at radius 1 is 0.522 bits per heavy atom. The Morgan fingerprint density at radius 2 is 0.935 bits per heavy atom. The minimum absolute atomic E-state index is 0.0794. The van der Waals surface area contributed by atoms with Crippen LogP contribution in [0.15, 0.2) is 60.8 Å². The fourth-order valence-corrected chi connectivity index (χ4v) is 4.95. The van der Waals surface area contributed by atoms with Crippen LogP contribution in [-0.4, -0.2) is 36.4 Å². The maximum atomic E-state index is 12.1. The standard InChI is InChI=1S/C41H70O5/c1-3-5-7-9-11-13-15-17-19-20-22-23-25-27-29-31-33-35-40(43)45-38-39(37-42)46-41(44)36-34-32-30-28-26-24-21-18-16-14-12-10-8-6-4-2/h6,8,11-14,17-19,21,39,42H,3-5,7,9-10,15-16,20,22-38H2,1-2H3/t39-/m0/s1. The number of hydrogen-bond acceptors (Lipinski definition) is 5. The molecule has 0 aromatic heterocycles. The zero-order chi connectivity index (χ0) is 33.6. The number of ether oxygens (including phenoxy) is 2. The Labute approximate surface area is 283 Å². The number of aliphatic hydroxyl groups excluding tert-OH is 1. The highest BCUT2D eigenvalue weighted by atomic mass is 16.6. The summed E-state index contributed by atoms with van der Waals surface area (Å²) in [4.78, 5) is 24.2. The van der Waals surface area contributed by atoms with Gasteiger partial charge in [-0.05, 0) is 77.0 Å². The first-order valence-electron chi connectivity index (χ1n) is 18.8. The molecule has 1 N–H and O–H groups in total. The van der Waals surface area contributed by atoms with Crippen molar-refractivity contribution in [3.63, 3.8) is 0 Å². The van der Waals surface area contributed by atoms with E-state index in [0.29, 0.717) is 12.8 Å². The molecule has 264 valence electrons. The second-order valence-electron chi connectivity index (χ2n) is 12.3. The van der Waals surface area contributed by atoms with Gasteiger partial charge in [-0.3, -0.25) is 9.59 Å². The molecular formula is C41H70O5. The van der Waals surface area contributed by atoms with Gasteiger partial charge >= 0.3 is 11.9 Å². The quantitative estimate of drug-likeness (QED) is 0.0438. The van der Waals surface area contributed by atoms with E-state index < -0.39 is 6.10 Å². The Balaban J connectivity index is 3.62. The third kappa shape index (κ3) is 34.5. The summed E-state index contributed by atoms with van der Waals surface area (Å²) < 4.78 is 10.6. The molecule has 0 amide bonds. The SMILES string of the molecule is CCC=CCC=CCC=CCCCCCCCC(=O)O[C@@H](CO)COC(=O)CCCCCCCCCC=CCC=CCCCCC. The third-order valence-electron chi connectivity index (χ3n) is 7.80. The van der Waals surface area contributed by atoms with E-state index >= 15 is 0 Å². The molecule has 0 aliphatic heterocycles. The van der Waals surface area contributed by atoms with Crippen molar-refractivity contribution in [3.05, 3.63) is 60.8 Å². The first kappa shape index (κ1) is 43.6. The van der Waals surface area contributed by atoms with E-state index in [2.05, 4.69) is 74.6 Å². The Kier molecular flexibility index (Phi) is 35.1. The van der Waals surface area contributed by atoms with Crippen molar-refractivity contribution in [2.75, 3.05) is 13.2 Å². The van der Waals surface area contributed by atoms with Gasteiger partial charge in [-0.1, -0.05) is 139 Å². The molecule has 0 aliphatic carbocycles. The molecule has 5 heteroatoms. The highest BCUT2D eigenvalue weighted by molar-refractivity contribution is 5.70. The van der Waals surface area contributed by atoms with E-state index in [1.165, 1.54) is 51.4 Å². The predicted molar refractivity (Wildman–Crippen MR) is 196 cm³/mol. The lowest BCUT2D eigenvalue weighted by atomic mass is 10.1. The molecule has 0 saturated carbocycles. The van der Waals surface area contributed by atoms with E-state index in [4.69, 9.17) is 9.47 Å². The molecule has 0 aromatic rings. The first-order chi connectivity index (χ1) is 22.6. The Hall–Kier alpha value is -2.40. The molecule has 0 rings (SSSR count). The molecule has 46 heavy (non-hydrogen) atoms. The number of aliphatic hydroxyl groups is 1. The maximum absolute atomic E-state index is 12.1. The van der Waals surface area contributed by atoms with Crippen LogP contribution in [0, 0.1) is 0 Å². The van der Waals surface area contributed by atoms with Crippen LogP contribution in [0.3, 0.4) is 0 Å². The topological polar surface area (TPSA) is 72.8 Å². The summed E-state index contributed by atoms with van der Waals surface area (Å²) in [6.45, 7) is 3.96. The Morgan fingerprint density at radius 3 is 1.41 bits per heavy atom. The number of carbonyl (C=O) groups is 2. The molecule has 0 heterocycles. The third-order valence-corrected chi connectivity index (χ3v) is 7.80. The number of esters is 2. The van der Waals surface area contributed by atoms with Crippen molar-refractivity contribution in [2.45, 2.75) is 174 Å². The molecule has 0 aliphatic rings. The molecule has 0 bridgehead atoms. The highest BCUT2D eigenvalue weighted by Crippen LogP contribution is 2.12. The smallest absolute Gasteiger partial charge is 0.306 e. The molecule has 1 atom stereocenters. The van der Waals surface area contributed by atoms with Gasteiger partial charge in [0.25, 0.3) is 0 Å². The number of rotatable bonds is 33. The summed E-state index contributed by atoms with van der Waals surface area (Å²) in [5, 5.41) is 9.54. The minimum Gasteiger partial charge on any atom is -0.462 e. The number of carbonyl (C=O) groups excluding carboxylic acids is 2. The van der Waals surface area contributed by atoms with Gasteiger partial charge in [-0.2, -0.15) is 0 Å². The molecule has 0 aromatic carbocycles. The van der Waals surface area contributed by atoms with Crippen LogP contribution >= 0.6 is 0 Å². The average molecular weight is 643 g/mol. The van der Waals surface area contributed by atoms with Crippen molar-refractivity contribution in [2.24, 2.45) is 0 Å². The average Bonchev–Trinajstić information content (AvgIpc) is 3.06. The van der Waals surface area contributed by atoms with E-state index in [-0.39, 0.29) is 25.2 Å². The van der Waals surface area contributed by atoms with Crippen LogP contribution in [-0.2, 0) is 19.1 Å². The van der Waals surface area contributed by atoms with Crippen molar-refractivity contribution in [1.29, 1.82) is 0 Å². The van der Waals surface area contributed by atoms with Crippen LogP contribution in [0.5, 0.6) is 0 Å². The van der Waals surface area contributed by atoms with Gasteiger partial charge in [0.15, 0.2) is 6.10 Å². The van der Waals surface area contributed by atoms with E-state index in [9.17, 15) is 14.7 Å². The Bertz CT molecular complexity index is 823. The normalized spacial score (nSPS) is 12.8. The van der Waals surface area contributed by atoms with Crippen molar-refractivity contribution in [3.8, 4) is 0 Å². The molecule has 0 radical (unpaired) electrons. The van der Waals surface area contributed by atoms with Gasteiger partial charge < -0.3 is 14.6 Å². The molecule has 0 unspecified atom stereocenters. The summed E-state index contributed by atoms with van der Waals surface area (Å²) >= 11 is 0. The molecule has 0 saturated heterocycles. The van der Waals surface area contributed by atoms with Crippen LogP contribution in [0.4, 0.5) is 0 Å². The molecular weight excluding hydrogens is 572 g/mol. The number of allylic oxidation sites excluding steroid dienone is 10. The lowest BCUT2D eigenvalue weighted by Crippen LogP contribution is -2.28. The number of hydrogen-bond donors (Lipinski definition) is 1. The van der Waals surface area contributed by atoms with Gasteiger partial charge in [-0.25, -0.2) is 0 Å². The van der Waals surface area contributed by atoms with Crippen LogP contribution in [0.1, 0.15) is 168 Å². The van der Waals surface area contributed by atoms with Gasteiger partial charge in [0.2, 0.25) is 0 Å². The van der Waals surface area contributed by atoms with Crippen LogP contribution in [0.25, 0.3) is 0 Å². The minimum atomic E-state index is -0.784. The van der Waals surface area contributed by atoms with Crippen molar-refractivity contribution >= 4 is 11.9 Å². The summed E-state index contributed by atoms with van der Waals surface area (Å²) in [6.07, 6.45) is 47.0. The fraction of sp³-hybridized carbons (Fsp3) is 0.707. The lowest BCUT2D eigenvalue weighted by molar-refractivity contribution is -0.161. The van der Waals surface area contributed by atoms with Gasteiger partial charge in [0.1, 0.15) is 6.61 Å². The zero-order valence-electron chi connectivity index (χ0n) is 29.8. The number of unbranched alkanes of at least 4 members (excludes halogenated alkanes) is 15. The van der Waals surface area contributed by atoms with Gasteiger partial charge in [0.05, 0.1) is 6.61 Å². The van der Waals surface area contributed by atoms with Gasteiger partial charge in [-0.15, -0.1) is 0 Å². The van der Waals surface area contributed by atoms with Crippen molar-refractivity contribution in [1.82, 2.24) is 0 Å². The van der Waals surface area contributed by atoms with E-state index in [1.807, 2.05) is 0 Å². The summed E-state index contributed by atoms with van der Waals surface area (Å²) in [5.74, 6) is -0.624. The highest BCUT2D eigenvalue weighted by Gasteiger charge is 2.16. The van der Waals surface area contributed by atoms with Crippen molar-refractivity contribution < 1.29 is 24.2 Å². The summed E-state index contributed by atoms with van der Waals surface area (Å²) in [5.41, 5.74) is 0. The van der Waals surface area contributed by atoms with Gasteiger partial charge in [0, 0.05) is 12.8 Å². The first-order valence-corrected chi connectivity index (χ1v) is 18.8. The maximum Gasteiger partial charge on any atom is 0.306 e. The predicted octanol–water partition coefficient (Wildman–Crippen LogP) is 11.6. The van der Waals surface area contributed by atoms with E-state index in [1.54, 1.807) is 0 Å². The second-order valence-corrected chi connectivity index (χ2v) is 12.3. The largest absolute Gasteiger partial charge is 0.462 e. The summed E-state index contributed by atoms with van der Waals surface area (Å²) in [6, 6.07) is 0. The van der Waals surface area contributed by atoms with Crippen LogP contribution in [0.2, 0.25) is 0 Å². The fourth-order valence-electron chi connectivity index (χ4n) is 4.95. The second kappa shape index (κ2) is 37.1. The molecule has 5 nitrogen and oxygen atoms in total. The molecule has 0 fully saturated rings. The molecule has 0 spiro atoms. The lowest BCUT2D eigenvalue weighted by Gasteiger charge is -2.15. The van der Waals surface area contributed by atoms with Crippen LogP contribution < -0.4 is 0 Å². The monoisotopic (exact) mass is 643 g/mol. The summed E-state index contributed by atoms with van der Waals surface area (Å²) in [7, 11) is 0. The zero-order valence-corrected chi connectivity index (χ0v) is 29.8. The van der Waals surface area contributed by atoms with E-state index in [0.717, 1.165) is 89.9 Å².